The van der Waals surface area contributed by atoms with Gasteiger partial charge in [-0.05, 0) is 36.4 Å². The average Bonchev–Trinajstić information content (AvgIpc) is 2.76. The standard InChI is InChI=1S/C23H24O6/c1-25-19-7-5-15(21(11-19)27-3)9-17-13-29-14-18(23(17)24)10-16-6-8-20(26-2)12-22(16)28-4/h5-12H,13-14H2,1-4H3/b17-9+,18-10+. The SMILES string of the molecule is COc1ccc(/C=C2\COC/C(=C\c3ccc(OC)cc3OC)C2=O)c(OC)c1. The molecule has 1 aliphatic rings. The van der Waals surface area contributed by atoms with Crippen LogP contribution in [0.3, 0.4) is 0 Å². The summed E-state index contributed by atoms with van der Waals surface area (Å²) in [6.45, 7) is 0.482. The molecule has 2 aromatic carbocycles. The van der Waals surface area contributed by atoms with Crippen molar-refractivity contribution in [1.29, 1.82) is 0 Å². The summed E-state index contributed by atoms with van der Waals surface area (Å²) in [5.74, 6) is 2.55. The molecule has 152 valence electrons. The molecule has 1 fully saturated rings. The quantitative estimate of drug-likeness (QED) is 0.693. The number of ketones is 1. The minimum Gasteiger partial charge on any atom is -0.497 e. The van der Waals surface area contributed by atoms with Crippen molar-refractivity contribution in [3.05, 3.63) is 58.7 Å². The fourth-order valence-electron chi connectivity index (χ4n) is 3.07. The van der Waals surface area contributed by atoms with Crippen LogP contribution in [0.4, 0.5) is 0 Å². The second-order valence-electron chi connectivity index (χ2n) is 6.38. The van der Waals surface area contributed by atoms with Gasteiger partial charge in [0.05, 0.1) is 41.7 Å². The monoisotopic (exact) mass is 396 g/mol. The maximum atomic E-state index is 13.0. The average molecular weight is 396 g/mol. The molecule has 1 saturated heterocycles. The topological polar surface area (TPSA) is 63.2 Å². The lowest BCUT2D eigenvalue weighted by atomic mass is 9.97. The third kappa shape index (κ3) is 4.60. The first-order chi connectivity index (χ1) is 14.1. The van der Waals surface area contributed by atoms with Gasteiger partial charge in [0.25, 0.3) is 0 Å². The van der Waals surface area contributed by atoms with E-state index in [1.165, 1.54) is 0 Å². The molecule has 0 aromatic heterocycles. The predicted molar refractivity (Wildman–Crippen MR) is 111 cm³/mol. The third-order valence-corrected chi connectivity index (χ3v) is 4.64. The van der Waals surface area contributed by atoms with Gasteiger partial charge in [0, 0.05) is 34.4 Å². The van der Waals surface area contributed by atoms with Crippen LogP contribution in [0.25, 0.3) is 12.2 Å². The second kappa shape index (κ2) is 9.30. The highest BCUT2D eigenvalue weighted by molar-refractivity contribution is 6.14. The zero-order valence-corrected chi connectivity index (χ0v) is 17.0. The summed E-state index contributed by atoms with van der Waals surface area (Å²) < 4.78 is 26.9. The first-order valence-electron chi connectivity index (χ1n) is 9.07. The van der Waals surface area contributed by atoms with Gasteiger partial charge in [0.1, 0.15) is 23.0 Å². The molecule has 2 aromatic rings. The van der Waals surface area contributed by atoms with Crippen LogP contribution in [0.2, 0.25) is 0 Å². The van der Waals surface area contributed by atoms with Crippen molar-refractivity contribution in [2.24, 2.45) is 0 Å². The fourth-order valence-corrected chi connectivity index (χ4v) is 3.07. The number of methoxy groups -OCH3 is 4. The van der Waals surface area contributed by atoms with Gasteiger partial charge in [-0.3, -0.25) is 4.79 Å². The van der Waals surface area contributed by atoms with Crippen molar-refractivity contribution in [1.82, 2.24) is 0 Å². The van der Waals surface area contributed by atoms with E-state index in [0.717, 1.165) is 11.1 Å². The summed E-state index contributed by atoms with van der Waals surface area (Å²) in [5.41, 5.74) is 2.67. The Labute approximate surface area is 170 Å². The Morgan fingerprint density at radius 1 is 0.724 bits per heavy atom. The lowest BCUT2D eigenvalue weighted by molar-refractivity contribution is -0.114. The maximum absolute atomic E-state index is 13.0. The van der Waals surface area contributed by atoms with Crippen LogP contribution >= 0.6 is 0 Å². The van der Waals surface area contributed by atoms with Gasteiger partial charge < -0.3 is 23.7 Å². The maximum Gasteiger partial charge on any atom is 0.189 e. The summed E-state index contributed by atoms with van der Waals surface area (Å²) in [4.78, 5) is 13.0. The molecule has 0 N–H and O–H groups in total. The molecule has 0 unspecified atom stereocenters. The predicted octanol–water partition coefficient (Wildman–Crippen LogP) is 3.79. The van der Waals surface area contributed by atoms with E-state index in [0.29, 0.717) is 34.1 Å². The van der Waals surface area contributed by atoms with Crippen molar-refractivity contribution in [3.8, 4) is 23.0 Å². The summed E-state index contributed by atoms with van der Waals surface area (Å²) >= 11 is 0. The highest BCUT2D eigenvalue weighted by atomic mass is 16.5. The van der Waals surface area contributed by atoms with E-state index in [1.54, 1.807) is 52.7 Å². The molecule has 0 radical (unpaired) electrons. The lowest BCUT2D eigenvalue weighted by Crippen LogP contribution is -2.22. The van der Waals surface area contributed by atoms with Gasteiger partial charge in [0.2, 0.25) is 0 Å². The number of hydrogen-bond donors (Lipinski definition) is 0. The molecule has 1 aliphatic heterocycles. The van der Waals surface area contributed by atoms with Gasteiger partial charge in [0.15, 0.2) is 5.78 Å². The molecule has 6 heteroatoms. The van der Waals surface area contributed by atoms with E-state index < -0.39 is 0 Å². The van der Waals surface area contributed by atoms with Crippen LogP contribution in [-0.2, 0) is 9.53 Å². The van der Waals surface area contributed by atoms with Crippen molar-refractivity contribution in [2.45, 2.75) is 0 Å². The van der Waals surface area contributed by atoms with E-state index >= 15 is 0 Å². The number of carbonyl (C=O) groups is 1. The van der Waals surface area contributed by atoms with E-state index in [1.807, 2.05) is 24.3 Å². The van der Waals surface area contributed by atoms with Crippen LogP contribution < -0.4 is 18.9 Å². The zero-order chi connectivity index (χ0) is 20.8. The molecule has 0 bridgehead atoms. The van der Waals surface area contributed by atoms with E-state index in [9.17, 15) is 4.79 Å². The van der Waals surface area contributed by atoms with Crippen molar-refractivity contribution in [3.63, 3.8) is 0 Å². The molecule has 3 rings (SSSR count). The van der Waals surface area contributed by atoms with Crippen molar-refractivity contribution < 1.29 is 28.5 Å². The number of ether oxygens (including phenoxy) is 5. The van der Waals surface area contributed by atoms with Gasteiger partial charge in [-0.1, -0.05) is 0 Å². The molecule has 0 atom stereocenters. The summed E-state index contributed by atoms with van der Waals surface area (Å²) in [7, 11) is 6.35. The first kappa shape index (κ1) is 20.5. The van der Waals surface area contributed by atoms with Crippen molar-refractivity contribution >= 4 is 17.9 Å². The normalized spacial score (nSPS) is 16.8. The number of rotatable bonds is 6. The molecular formula is C23H24O6. The molecule has 0 spiro atoms. The summed E-state index contributed by atoms with van der Waals surface area (Å²) in [5, 5.41) is 0. The van der Waals surface area contributed by atoms with E-state index in [2.05, 4.69) is 0 Å². The Morgan fingerprint density at radius 2 is 1.17 bits per heavy atom. The van der Waals surface area contributed by atoms with Crippen molar-refractivity contribution in [2.75, 3.05) is 41.7 Å². The Bertz CT molecular complexity index is 882. The van der Waals surface area contributed by atoms with Crippen LogP contribution in [-0.4, -0.2) is 47.4 Å². The molecular weight excluding hydrogens is 372 g/mol. The van der Waals surface area contributed by atoms with Crippen LogP contribution in [0.5, 0.6) is 23.0 Å². The minimum absolute atomic E-state index is 0.0630. The van der Waals surface area contributed by atoms with Crippen LogP contribution in [0.15, 0.2) is 47.5 Å². The highest BCUT2D eigenvalue weighted by Crippen LogP contribution is 2.30. The van der Waals surface area contributed by atoms with E-state index in [-0.39, 0.29) is 19.0 Å². The Hall–Kier alpha value is -3.25. The zero-order valence-electron chi connectivity index (χ0n) is 17.0. The van der Waals surface area contributed by atoms with Gasteiger partial charge >= 0.3 is 0 Å². The van der Waals surface area contributed by atoms with Gasteiger partial charge in [-0.25, -0.2) is 0 Å². The van der Waals surface area contributed by atoms with Crippen LogP contribution in [0, 0.1) is 0 Å². The van der Waals surface area contributed by atoms with Gasteiger partial charge in [-0.15, -0.1) is 0 Å². The molecule has 1 heterocycles. The van der Waals surface area contributed by atoms with Crippen LogP contribution in [0.1, 0.15) is 11.1 Å². The summed E-state index contributed by atoms with van der Waals surface area (Å²) in [6, 6.07) is 10.9. The number of carbonyl (C=O) groups excluding carboxylic acids is 1. The number of Topliss-reactive ketones (excluding diaryl/α,β-unsaturated/α-hetero) is 1. The number of benzene rings is 2. The number of hydrogen-bond acceptors (Lipinski definition) is 6. The lowest BCUT2D eigenvalue weighted by Gasteiger charge is -2.18. The largest absolute Gasteiger partial charge is 0.497 e. The highest BCUT2D eigenvalue weighted by Gasteiger charge is 2.22. The molecule has 29 heavy (non-hydrogen) atoms. The molecule has 6 nitrogen and oxygen atoms in total. The Kier molecular flexibility index (Phi) is 6.57. The Morgan fingerprint density at radius 3 is 1.55 bits per heavy atom. The van der Waals surface area contributed by atoms with Gasteiger partial charge in [-0.2, -0.15) is 0 Å². The molecule has 0 amide bonds. The second-order valence-corrected chi connectivity index (χ2v) is 6.38. The first-order valence-corrected chi connectivity index (χ1v) is 9.07. The Balaban J connectivity index is 1.93. The third-order valence-electron chi connectivity index (χ3n) is 4.64. The minimum atomic E-state index is -0.0630. The molecule has 0 aliphatic carbocycles. The fraction of sp³-hybridized carbons (Fsp3) is 0.261. The van der Waals surface area contributed by atoms with E-state index in [4.69, 9.17) is 23.7 Å². The summed E-state index contributed by atoms with van der Waals surface area (Å²) in [6.07, 6.45) is 3.58. The smallest absolute Gasteiger partial charge is 0.189 e. The molecule has 0 saturated carbocycles.